The van der Waals surface area contributed by atoms with Crippen LogP contribution < -0.4 is 5.32 Å². The number of carbonyl (C=O) groups excluding carboxylic acids is 2. The molecule has 1 N–H and O–H groups in total. The lowest BCUT2D eigenvalue weighted by Crippen LogP contribution is -2.71. The molecular formula is C16H30N2O3. The first-order valence-corrected chi connectivity index (χ1v) is 7.79. The number of carbonyl (C=O) groups is 2. The number of ether oxygens (including phenoxy) is 1. The zero-order valence-corrected chi connectivity index (χ0v) is 14.4. The van der Waals surface area contributed by atoms with E-state index < -0.39 is 17.6 Å². The molecule has 122 valence electrons. The first-order chi connectivity index (χ1) is 9.67. The molecular weight excluding hydrogens is 268 g/mol. The van der Waals surface area contributed by atoms with Crippen LogP contribution in [0.15, 0.2) is 0 Å². The van der Waals surface area contributed by atoms with Gasteiger partial charge in [0.15, 0.2) is 0 Å². The number of piperazine rings is 1. The first kappa shape index (κ1) is 18.0. The minimum atomic E-state index is -0.510. The predicted octanol–water partition coefficient (Wildman–Crippen LogP) is 1.81. The highest BCUT2D eigenvalue weighted by atomic mass is 16.5. The molecule has 1 aliphatic rings. The largest absolute Gasteiger partial charge is 0.382 e. The van der Waals surface area contributed by atoms with Crippen molar-refractivity contribution >= 4 is 11.8 Å². The molecule has 1 aliphatic heterocycles. The highest BCUT2D eigenvalue weighted by Crippen LogP contribution is 2.29. The highest BCUT2D eigenvalue weighted by molar-refractivity contribution is 5.97. The van der Waals surface area contributed by atoms with E-state index in [1.165, 1.54) is 0 Å². The molecule has 0 radical (unpaired) electrons. The molecule has 3 atom stereocenters. The Kier molecular flexibility index (Phi) is 5.79. The Morgan fingerprint density at radius 3 is 2.29 bits per heavy atom. The number of nitrogens with one attached hydrogen (secondary N) is 1. The second kappa shape index (κ2) is 6.77. The quantitative estimate of drug-likeness (QED) is 0.813. The van der Waals surface area contributed by atoms with Gasteiger partial charge in [-0.05, 0) is 25.7 Å². The first-order valence-electron chi connectivity index (χ1n) is 7.79. The van der Waals surface area contributed by atoms with Crippen LogP contribution in [-0.2, 0) is 14.3 Å². The number of methoxy groups -OCH3 is 1. The van der Waals surface area contributed by atoms with Crippen molar-refractivity contribution in [1.82, 2.24) is 10.2 Å². The van der Waals surface area contributed by atoms with Crippen LogP contribution in [0.3, 0.4) is 0 Å². The summed E-state index contributed by atoms with van der Waals surface area (Å²) in [6.45, 7) is 12.3. The third kappa shape index (κ3) is 3.57. The molecule has 1 saturated heterocycles. The summed E-state index contributed by atoms with van der Waals surface area (Å²) in [6.07, 6.45) is 0.849. The summed E-state index contributed by atoms with van der Waals surface area (Å²) >= 11 is 0. The van der Waals surface area contributed by atoms with Crippen molar-refractivity contribution in [3.8, 4) is 0 Å². The average molecular weight is 298 g/mol. The molecule has 0 spiro atoms. The monoisotopic (exact) mass is 298 g/mol. The zero-order valence-electron chi connectivity index (χ0n) is 14.4. The van der Waals surface area contributed by atoms with E-state index in [4.69, 9.17) is 4.74 Å². The number of amides is 2. The van der Waals surface area contributed by atoms with Gasteiger partial charge in [-0.1, -0.05) is 34.1 Å². The number of nitrogens with zero attached hydrogens (tertiary/aromatic N) is 1. The Hall–Kier alpha value is -1.10. The van der Waals surface area contributed by atoms with E-state index in [0.29, 0.717) is 6.61 Å². The van der Waals surface area contributed by atoms with Crippen LogP contribution in [-0.4, -0.2) is 48.1 Å². The topological polar surface area (TPSA) is 58.6 Å². The van der Waals surface area contributed by atoms with E-state index in [9.17, 15) is 9.59 Å². The van der Waals surface area contributed by atoms with Crippen LogP contribution in [0, 0.1) is 11.8 Å². The summed E-state index contributed by atoms with van der Waals surface area (Å²) in [5, 5.41) is 2.92. The molecule has 3 unspecified atom stereocenters. The molecule has 5 nitrogen and oxygen atoms in total. The summed E-state index contributed by atoms with van der Waals surface area (Å²) in [7, 11) is 1.62. The Morgan fingerprint density at radius 2 is 1.86 bits per heavy atom. The maximum absolute atomic E-state index is 13.0. The van der Waals surface area contributed by atoms with Gasteiger partial charge in [0.25, 0.3) is 0 Å². The zero-order chi connectivity index (χ0) is 16.4. The van der Waals surface area contributed by atoms with E-state index in [1.54, 1.807) is 12.0 Å². The van der Waals surface area contributed by atoms with Crippen molar-refractivity contribution in [2.45, 2.75) is 65.6 Å². The molecule has 0 aromatic carbocycles. The van der Waals surface area contributed by atoms with Crippen LogP contribution in [0.5, 0.6) is 0 Å². The summed E-state index contributed by atoms with van der Waals surface area (Å²) in [5.74, 6) is 0.127. The smallest absolute Gasteiger partial charge is 0.246 e. The fourth-order valence-corrected chi connectivity index (χ4v) is 3.02. The van der Waals surface area contributed by atoms with Crippen LogP contribution in [0.25, 0.3) is 0 Å². The standard InChI is InChI=1S/C16H30N2O3/c1-8-11(4)12-15(20)18(16(5,6)9-21-7)13(10(2)3)14(19)17-12/h10-13H,8-9H2,1-7H3,(H,17,19). The predicted molar refractivity (Wildman–Crippen MR) is 82.8 cm³/mol. The van der Waals surface area contributed by atoms with E-state index in [0.717, 1.165) is 6.42 Å². The van der Waals surface area contributed by atoms with Crippen LogP contribution in [0.4, 0.5) is 0 Å². The summed E-state index contributed by atoms with van der Waals surface area (Å²) in [5.41, 5.74) is -0.510. The third-order valence-corrected chi connectivity index (χ3v) is 4.34. The number of rotatable bonds is 6. The van der Waals surface area contributed by atoms with Crippen LogP contribution in [0.2, 0.25) is 0 Å². The lowest BCUT2D eigenvalue weighted by atomic mass is 9.87. The highest BCUT2D eigenvalue weighted by Gasteiger charge is 2.48. The van der Waals surface area contributed by atoms with Gasteiger partial charge in [-0.2, -0.15) is 0 Å². The SMILES string of the molecule is CCC(C)C1NC(=O)C(C(C)C)N(C(C)(C)COC)C1=O. The molecule has 21 heavy (non-hydrogen) atoms. The number of hydrogen-bond donors (Lipinski definition) is 1. The van der Waals surface area contributed by atoms with E-state index in [1.807, 2.05) is 41.5 Å². The minimum absolute atomic E-state index is 0.00435. The molecule has 5 heteroatoms. The second-order valence-corrected chi connectivity index (χ2v) is 7.01. The van der Waals surface area contributed by atoms with Gasteiger partial charge in [-0.15, -0.1) is 0 Å². The summed E-state index contributed by atoms with van der Waals surface area (Å²) in [4.78, 5) is 27.2. The number of hydrogen-bond acceptors (Lipinski definition) is 3. The molecule has 2 amide bonds. The molecule has 1 fully saturated rings. The van der Waals surface area contributed by atoms with Gasteiger partial charge in [0.1, 0.15) is 12.1 Å². The molecule has 0 aliphatic carbocycles. The van der Waals surface area contributed by atoms with Crippen molar-refractivity contribution in [3.63, 3.8) is 0 Å². The molecule has 0 aromatic rings. The Morgan fingerprint density at radius 1 is 1.29 bits per heavy atom. The van der Waals surface area contributed by atoms with Crippen molar-refractivity contribution in [2.24, 2.45) is 11.8 Å². The van der Waals surface area contributed by atoms with E-state index >= 15 is 0 Å². The maximum atomic E-state index is 13.0. The van der Waals surface area contributed by atoms with Gasteiger partial charge in [0, 0.05) is 7.11 Å². The van der Waals surface area contributed by atoms with Crippen molar-refractivity contribution in [3.05, 3.63) is 0 Å². The molecule has 0 bridgehead atoms. The third-order valence-electron chi connectivity index (χ3n) is 4.34. The van der Waals surface area contributed by atoms with Gasteiger partial charge in [0.2, 0.25) is 11.8 Å². The van der Waals surface area contributed by atoms with Crippen molar-refractivity contribution in [1.29, 1.82) is 0 Å². The lowest BCUT2D eigenvalue weighted by Gasteiger charge is -2.49. The molecule has 0 saturated carbocycles. The maximum Gasteiger partial charge on any atom is 0.246 e. The molecule has 0 aromatic heterocycles. The van der Waals surface area contributed by atoms with Gasteiger partial charge in [0.05, 0.1) is 12.1 Å². The lowest BCUT2D eigenvalue weighted by molar-refractivity contribution is -0.162. The Balaban J connectivity index is 3.21. The van der Waals surface area contributed by atoms with E-state index in [2.05, 4.69) is 5.32 Å². The van der Waals surface area contributed by atoms with Gasteiger partial charge >= 0.3 is 0 Å². The summed E-state index contributed by atoms with van der Waals surface area (Å²) < 4.78 is 5.27. The van der Waals surface area contributed by atoms with Gasteiger partial charge in [-0.25, -0.2) is 0 Å². The normalized spacial score (nSPS) is 25.2. The van der Waals surface area contributed by atoms with Gasteiger partial charge < -0.3 is 15.0 Å². The molecule has 1 heterocycles. The van der Waals surface area contributed by atoms with Crippen LogP contribution in [0.1, 0.15) is 48.0 Å². The van der Waals surface area contributed by atoms with Gasteiger partial charge in [-0.3, -0.25) is 9.59 Å². The van der Waals surface area contributed by atoms with E-state index in [-0.39, 0.29) is 23.7 Å². The second-order valence-electron chi connectivity index (χ2n) is 7.01. The molecule has 1 rings (SSSR count). The fourth-order valence-electron chi connectivity index (χ4n) is 3.02. The Bertz CT molecular complexity index is 393. The minimum Gasteiger partial charge on any atom is -0.382 e. The average Bonchev–Trinajstić information content (AvgIpc) is 2.38. The fraction of sp³-hybridized carbons (Fsp3) is 0.875. The van der Waals surface area contributed by atoms with Crippen molar-refractivity contribution < 1.29 is 14.3 Å². The van der Waals surface area contributed by atoms with Crippen LogP contribution >= 0.6 is 0 Å². The van der Waals surface area contributed by atoms with Crippen molar-refractivity contribution in [2.75, 3.05) is 13.7 Å². The summed E-state index contributed by atoms with van der Waals surface area (Å²) in [6, 6.07) is -0.878. The Labute approximate surface area is 128 Å².